The molecule has 0 aliphatic rings. The second-order valence-electron chi connectivity index (χ2n) is 8.11. The second-order valence-corrected chi connectivity index (χ2v) is 8.99. The monoisotopic (exact) mass is 453 g/mol. The van der Waals surface area contributed by atoms with Crippen LogP contribution in [0.2, 0.25) is 10.0 Å². The Morgan fingerprint density at radius 2 is 1.00 bits per heavy atom. The number of rotatable bonds is 3. The Labute approximate surface area is 198 Å². The van der Waals surface area contributed by atoms with Crippen LogP contribution in [0.4, 0.5) is 0 Å². The average molecular weight is 454 g/mol. The van der Waals surface area contributed by atoms with E-state index in [-0.39, 0.29) is 0 Å². The molecule has 1 nitrogen and oxygen atoms in total. The van der Waals surface area contributed by atoms with Crippen molar-refractivity contribution in [3.63, 3.8) is 0 Å². The molecule has 3 heteroatoms. The van der Waals surface area contributed by atoms with Crippen molar-refractivity contribution in [3.8, 4) is 33.6 Å². The number of aromatic nitrogens is 1. The minimum Gasteiger partial charge on any atom is -0.246 e. The first kappa shape index (κ1) is 20.8. The highest BCUT2D eigenvalue weighted by Gasteiger charge is 2.18. The average Bonchev–Trinajstić information content (AvgIpc) is 2.80. The van der Waals surface area contributed by atoms with E-state index in [0.717, 1.165) is 39.0 Å². The van der Waals surface area contributed by atoms with Gasteiger partial charge in [-0.25, -0.2) is 4.98 Å². The Kier molecular flexibility index (Phi) is 5.46. The van der Waals surface area contributed by atoms with Gasteiger partial charge in [0.05, 0.1) is 11.4 Å². The molecule has 1 aromatic heterocycles. The predicted molar refractivity (Wildman–Crippen MR) is 138 cm³/mol. The van der Waals surface area contributed by atoms with E-state index >= 15 is 0 Å². The maximum absolute atomic E-state index is 6.20. The summed E-state index contributed by atoms with van der Waals surface area (Å²) in [6.07, 6.45) is 0. The lowest BCUT2D eigenvalue weighted by Crippen LogP contribution is -1.97. The molecule has 0 atom stereocenters. The summed E-state index contributed by atoms with van der Waals surface area (Å²) in [5.41, 5.74) is 8.63. The zero-order chi connectivity index (χ0) is 22.2. The molecule has 0 amide bonds. The Balaban J connectivity index is 1.91. The smallest absolute Gasteiger partial charge is 0.0794 e. The van der Waals surface area contributed by atoms with Crippen LogP contribution >= 0.6 is 23.2 Å². The summed E-state index contributed by atoms with van der Waals surface area (Å²) >= 11 is 12.4. The third-order valence-corrected chi connectivity index (χ3v) is 6.24. The Morgan fingerprint density at radius 3 is 1.62 bits per heavy atom. The van der Waals surface area contributed by atoms with Crippen LogP contribution in [-0.4, -0.2) is 4.98 Å². The predicted octanol–water partition coefficient (Wildman–Crippen LogP) is 9.16. The number of benzene rings is 4. The Bertz CT molecular complexity index is 1420. The van der Waals surface area contributed by atoms with Gasteiger partial charge >= 0.3 is 0 Å². The highest BCUT2D eigenvalue weighted by molar-refractivity contribution is 6.31. The number of pyridine rings is 1. The van der Waals surface area contributed by atoms with E-state index in [4.69, 9.17) is 28.2 Å². The lowest BCUT2D eigenvalue weighted by molar-refractivity contribution is 1.34. The van der Waals surface area contributed by atoms with E-state index in [1.54, 1.807) is 0 Å². The van der Waals surface area contributed by atoms with Gasteiger partial charge in [0.1, 0.15) is 0 Å². The van der Waals surface area contributed by atoms with Crippen molar-refractivity contribution in [2.75, 3.05) is 0 Å². The van der Waals surface area contributed by atoms with Crippen LogP contribution < -0.4 is 0 Å². The molecule has 32 heavy (non-hydrogen) atoms. The molecule has 0 radical (unpaired) electrons. The van der Waals surface area contributed by atoms with Crippen molar-refractivity contribution in [3.05, 3.63) is 112 Å². The quantitative estimate of drug-likeness (QED) is 0.265. The molecule has 0 unspecified atom stereocenters. The highest BCUT2D eigenvalue weighted by Crippen LogP contribution is 2.41. The van der Waals surface area contributed by atoms with Gasteiger partial charge in [-0.15, -0.1) is 0 Å². The molecular formula is C29H21Cl2N. The molecule has 5 rings (SSSR count). The van der Waals surface area contributed by atoms with E-state index in [0.29, 0.717) is 10.0 Å². The molecule has 0 fully saturated rings. The number of hydrogen-bond acceptors (Lipinski definition) is 1. The fourth-order valence-electron chi connectivity index (χ4n) is 4.08. The van der Waals surface area contributed by atoms with Gasteiger partial charge in [0, 0.05) is 32.1 Å². The van der Waals surface area contributed by atoms with Crippen molar-refractivity contribution < 1.29 is 0 Å². The number of hydrogen-bond donors (Lipinski definition) is 0. The molecule has 0 aliphatic carbocycles. The maximum atomic E-state index is 6.20. The van der Waals surface area contributed by atoms with Gasteiger partial charge < -0.3 is 0 Å². The fraction of sp³-hybridized carbons (Fsp3) is 0.0690. The van der Waals surface area contributed by atoms with Crippen molar-refractivity contribution in [2.24, 2.45) is 0 Å². The van der Waals surface area contributed by atoms with E-state index in [9.17, 15) is 0 Å². The number of nitrogens with zero attached hydrogens (tertiary/aromatic N) is 1. The maximum Gasteiger partial charge on any atom is 0.0794 e. The van der Waals surface area contributed by atoms with Crippen molar-refractivity contribution in [1.82, 2.24) is 4.98 Å². The van der Waals surface area contributed by atoms with Crippen LogP contribution in [0.5, 0.6) is 0 Å². The number of aryl methyl sites for hydroxylation is 2. The molecule has 0 spiro atoms. The van der Waals surface area contributed by atoms with Crippen LogP contribution in [0.25, 0.3) is 44.4 Å². The summed E-state index contributed by atoms with van der Waals surface area (Å²) in [7, 11) is 0. The molecule has 156 valence electrons. The van der Waals surface area contributed by atoms with Gasteiger partial charge in [0.2, 0.25) is 0 Å². The van der Waals surface area contributed by atoms with E-state index in [1.165, 1.54) is 16.5 Å². The van der Waals surface area contributed by atoms with Crippen molar-refractivity contribution in [1.29, 1.82) is 0 Å². The van der Waals surface area contributed by atoms with Crippen molar-refractivity contribution in [2.45, 2.75) is 13.8 Å². The van der Waals surface area contributed by atoms with E-state index in [2.05, 4.69) is 68.4 Å². The molecule has 4 aromatic carbocycles. The SMILES string of the molecule is Cc1ccc(-c2nc(-c3ccc(Cl)cc3)c(-c3ccc(Cl)cc3)c3cc(C)ccc23)cc1. The van der Waals surface area contributed by atoms with Gasteiger partial charge in [0.15, 0.2) is 0 Å². The van der Waals surface area contributed by atoms with E-state index < -0.39 is 0 Å². The molecule has 5 aromatic rings. The fourth-order valence-corrected chi connectivity index (χ4v) is 4.34. The highest BCUT2D eigenvalue weighted by atomic mass is 35.5. The lowest BCUT2D eigenvalue weighted by Gasteiger charge is -2.18. The Hall–Kier alpha value is -3.13. The van der Waals surface area contributed by atoms with Gasteiger partial charge in [-0.2, -0.15) is 0 Å². The third kappa shape index (κ3) is 3.90. The minimum absolute atomic E-state index is 0.706. The van der Waals surface area contributed by atoms with Crippen LogP contribution in [0.3, 0.4) is 0 Å². The zero-order valence-electron chi connectivity index (χ0n) is 17.9. The second kappa shape index (κ2) is 8.43. The summed E-state index contributed by atoms with van der Waals surface area (Å²) < 4.78 is 0. The molecule has 0 saturated carbocycles. The zero-order valence-corrected chi connectivity index (χ0v) is 19.4. The first-order valence-corrected chi connectivity index (χ1v) is 11.3. The van der Waals surface area contributed by atoms with Gasteiger partial charge in [-0.1, -0.05) is 101 Å². The van der Waals surface area contributed by atoms with Gasteiger partial charge in [-0.3, -0.25) is 0 Å². The van der Waals surface area contributed by atoms with Crippen LogP contribution in [0.15, 0.2) is 91.0 Å². The number of halogens is 2. The summed E-state index contributed by atoms with van der Waals surface area (Å²) in [6, 6.07) is 31.0. The molecule has 0 N–H and O–H groups in total. The summed E-state index contributed by atoms with van der Waals surface area (Å²) in [5, 5.41) is 3.72. The first-order valence-electron chi connectivity index (χ1n) is 10.5. The standard InChI is InChI=1S/C29H21Cl2N/c1-18-3-6-21(7-4-18)28-25-16-5-19(2)17-26(25)27(20-8-12-23(30)13-9-20)29(32-28)22-10-14-24(31)15-11-22/h3-17H,1-2H3. The first-order chi connectivity index (χ1) is 15.5. The topological polar surface area (TPSA) is 12.9 Å². The summed E-state index contributed by atoms with van der Waals surface area (Å²) in [6.45, 7) is 4.22. The van der Waals surface area contributed by atoms with Gasteiger partial charge in [0.25, 0.3) is 0 Å². The summed E-state index contributed by atoms with van der Waals surface area (Å²) in [5.74, 6) is 0. The molecule has 0 saturated heterocycles. The molecule has 0 aliphatic heterocycles. The Morgan fingerprint density at radius 1 is 0.500 bits per heavy atom. The van der Waals surface area contributed by atoms with Gasteiger partial charge in [-0.05, 0) is 49.1 Å². The number of fused-ring (bicyclic) bond motifs is 1. The third-order valence-electron chi connectivity index (χ3n) is 5.74. The molecule has 0 bridgehead atoms. The summed E-state index contributed by atoms with van der Waals surface area (Å²) in [4.78, 5) is 5.25. The normalized spacial score (nSPS) is 11.1. The molecule has 1 heterocycles. The van der Waals surface area contributed by atoms with E-state index in [1.807, 2.05) is 36.4 Å². The van der Waals surface area contributed by atoms with Crippen LogP contribution in [0.1, 0.15) is 11.1 Å². The largest absolute Gasteiger partial charge is 0.246 e. The minimum atomic E-state index is 0.706. The van der Waals surface area contributed by atoms with Crippen LogP contribution in [-0.2, 0) is 0 Å². The van der Waals surface area contributed by atoms with Crippen molar-refractivity contribution >= 4 is 34.0 Å². The van der Waals surface area contributed by atoms with Crippen LogP contribution in [0, 0.1) is 13.8 Å². The molecular weight excluding hydrogens is 433 g/mol. The lowest BCUT2D eigenvalue weighted by atomic mass is 9.90.